The highest BCUT2D eigenvalue weighted by Gasteiger charge is 2.39. The molecule has 0 aliphatic heterocycles. The van der Waals surface area contributed by atoms with Gasteiger partial charge in [-0.25, -0.2) is 0 Å². The van der Waals surface area contributed by atoms with Gasteiger partial charge in [0, 0.05) is 12.0 Å². The van der Waals surface area contributed by atoms with Gasteiger partial charge in [-0.05, 0) is 31.1 Å². The van der Waals surface area contributed by atoms with Gasteiger partial charge in [-0.2, -0.15) is 0 Å². The Morgan fingerprint density at radius 1 is 1.36 bits per heavy atom. The van der Waals surface area contributed by atoms with Gasteiger partial charge in [-0.15, -0.1) is 0 Å². The van der Waals surface area contributed by atoms with Crippen molar-refractivity contribution in [2.24, 2.45) is 17.3 Å². The van der Waals surface area contributed by atoms with E-state index in [1.165, 1.54) is 0 Å². The van der Waals surface area contributed by atoms with Crippen LogP contribution in [0.4, 0.5) is 0 Å². The molecule has 1 unspecified atom stereocenters. The molecule has 2 N–H and O–H groups in total. The van der Waals surface area contributed by atoms with Gasteiger partial charge in [0.2, 0.25) is 0 Å². The normalized spacial score (nSPS) is 38.2. The van der Waals surface area contributed by atoms with Gasteiger partial charge in [0.25, 0.3) is 0 Å². The Bertz CT molecular complexity index is 203. The van der Waals surface area contributed by atoms with Crippen LogP contribution in [-0.4, -0.2) is 22.8 Å². The molecule has 1 rings (SSSR count). The monoisotopic (exact) mass is 200 g/mol. The molecule has 1 aliphatic rings. The Hall–Kier alpha value is -0.570. The number of aliphatic hydroxyl groups excluding tert-OH is 1. The molecule has 1 aliphatic carbocycles. The van der Waals surface area contributed by atoms with E-state index < -0.39 is 5.97 Å². The van der Waals surface area contributed by atoms with E-state index in [9.17, 15) is 9.90 Å². The molecule has 0 radical (unpaired) electrons. The van der Waals surface area contributed by atoms with E-state index in [4.69, 9.17) is 5.11 Å². The highest BCUT2D eigenvalue weighted by atomic mass is 16.4. The van der Waals surface area contributed by atoms with Crippen molar-refractivity contribution in [3.8, 4) is 0 Å². The number of aliphatic carboxylic acids is 1. The van der Waals surface area contributed by atoms with Crippen molar-refractivity contribution < 1.29 is 15.0 Å². The van der Waals surface area contributed by atoms with Crippen LogP contribution in [0.25, 0.3) is 0 Å². The van der Waals surface area contributed by atoms with Crippen molar-refractivity contribution in [3.63, 3.8) is 0 Å². The summed E-state index contributed by atoms with van der Waals surface area (Å²) >= 11 is 0. The molecule has 0 heterocycles. The zero-order chi connectivity index (χ0) is 10.8. The van der Waals surface area contributed by atoms with Crippen molar-refractivity contribution in [2.45, 2.75) is 39.5 Å². The van der Waals surface area contributed by atoms with Crippen LogP contribution >= 0.6 is 0 Å². The molecule has 0 aromatic carbocycles. The third-order valence-electron chi connectivity index (χ3n) is 3.23. The van der Waals surface area contributed by atoms with E-state index in [0.717, 1.165) is 19.3 Å². The summed E-state index contributed by atoms with van der Waals surface area (Å²) in [5.74, 6) is 0.274. The SMILES string of the molecule is C[C@@H]1C[C@H](C)CC(CO)(CC(=O)O)C1. The average molecular weight is 200 g/mol. The summed E-state index contributed by atoms with van der Waals surface area (Å²) in [6, 6.07) is 0. The van der Waals surface area contributed by atoms with Gasteiger partial charge in [0.15, 0.2) is 0 Å². The smallest absolute Gasteiger partial charge is 0.303 e. The number of carboxylic acid groups (broad SMARTS) is 1. The van der Waals surface area contributed by atoms with Crippen molar-refractivity contribution in [1.29, 1.82) is 0 Å². The van der Waals surface area contributed by atoms with Crippen LogP contribution in [0.2, 0.25) is 0 Å². The molecule has 0 aromatic rings. The maximum atomic E-state index is 10.7. The second-order valence-corrected chi connectivity index (χ2v) is 5.08. The van der Waals surface area contributed by atoms with E-state index in [0.29, 0.717) is 11.8 Å². The number of rotatable bonds is 3. The van der Waals surface area contributed by atoms with Crippen LogP contribution in [0, 0.1) is 17.3 Å². The van der Waals surface area contributed by atoms with E-state index in [-0.39, 0.29) is 18.4 Å². The molecule has 0 saturated heterocycles. The van der Waals surface area contributed by atoms with Crippen molar-refractivity contribution >= 4 is 5.97 Å². The molecular weight excluding hydrogens is 180 g/mol. The quantitative estimate of drug-likeness (QED) is 0.731. The summed E-state index contributed by atoms with van der Waals surface area (Å²) in [5, 5.41) is 18.2. The van der Waals surface area contributed by atoms with Crippen LogP contribution < -0.4 is 0 Å². The summed E-state index contributed by atoms with van der Waals surface area (Å²) in [4.78, 5) is 10.7. The fourth-order valence-electron chi connectivity index (χ4n) is 3.07. The number of hydrogen-bond donors (Lipinski definition) is 2. The van der Waals surface area contributed by atoms with E-state index >= 15 is 0 Å². The molecule has 14 heavy (non-hydrogen) atoms. The first-order chi connectivity index (χ1) is 6.47. The second-order valence-electron chi connectivity index (χ2n) is 5.08. The molecular formula is C11H20O3. The van der Waals surface area contributed by atoms with E-state index in [1.54, 1.807) is 0 Å². The minimum absolute atomic E-state index is 0.00792. The zero-order valence-electron chi connectivity index (χ0n) is 8.99. The Kier molecular flexibility index (Phi) is 3.53. The molecule has 0 aromatic heterocycles. The molecule has 0 spiro atoms. The van der Waals surface area contributed by atoms with Gasteiger partial charge >= 0.3 is 5.97 Å². The van der Waals surface area contributed by atoms with Gasteiger partial charge in [-0.1, -0.05) is 13.8 Å². The predicted octanol–water partition coefficient (Wildman–Crippen LogP) is 1.90. The summed E-state index contributed by atoms with van der Waals surface area (Å²) in [7, 11) is 0. The highest BCUT2D eigenvalue weighted by molar-refractivity contribution is 5.67. The minimum Gasteiger partial charge on any atom is -0.481 e. The van der Waals surface area contributed by atoms with E-state index in [1.807, 2.05) is 0 Å². The third kappa shape index (κ3) is 2.71. The lowest BCUT2D eigenvalue weighted by molar-refractivity contribution is -0.142. The Morgan fingerprint density at radius 3 is 2.21 bits per heavy atom. The van der Waals surface area contributed by atoms with Crippen LogP contribution in [0.1, 0.15) is 39.5 Å². The molecule has 82 valence electrons. The summed E-state index contributed by atoms with van der Waals surface area (Å²) in [6.45, 7) is 4.29. The average Bonchev–Trinajstić information content (AvgIpc) is 2.00. The first kappa shape index (κ1) is 11.5. The molecule has 0 bridgehead atoms. The summed E-state index contributed by atoms with van der Waals surface area (Å²) in [6.07, 6.45) is 2.96. The topological polar surface area (TPSA) is 57.5 Å². The second kappa shape index (κ2) is 4.30. The fraction of sp³-hybridized carbons (Fsp3) is 0.909. The number of aliphatic hydroxyl groups is 1. The molecule has 3 nitrogen and oxygen atoms in total. The number of carboxylic acids is 1. The van der Waals surface area contributed by atoms with Gasteiger partial charge < -0.3 is 10.2 Å². The highest BCUT2D eigenvalue weighted by Crippen LogP contribution is 2.44. The Balaban J connectivity index is 2.71. The first-order valence-corrected chi connectivity index (χ1v) is 5.30. The Labute approximate surface area is 85.1 Å². The van der Waals surface area contributed by atoms with Crippen LogP contribution in [-0.2, 0) is 4.79 Å². The number of hydrogen-bond acceptors (Lipinski definition) is 2. The van der Waals surface area contributed by atoms with E-state index in [2.05, 4.69) is 13.8 Å². The standard InChI is InChI=1S/C11H20O3/c1-8-3-9(2)5-11(4-8,7-12)6-10(13)14/h8-9,12H,3-7H2,1-2H3,(H,13,14)/t8-,9+,11?. The van der Waals surface area contributed by atoms with Crippen molar-refractivity contribution in [1.82, 2.24) is 0 Å². The lowest BCUT2D eigenvalue weighted by Crippen LogP contribution is -2.36. The maximum Gasteiger partial charge on any atom is 0.303 e. The fourth-order valence-corrected chi connectivity index (χ4v) is 3.07. The van der Waals surface area contributed by atoms with Gasteiger partial charge in [-0.3, -0.25) is 4.79 Å². The van der Waals surface area contributed by atoms with Gasteiger partial charge in [0.05, 0.1) is 6.42 Å². The molecule has 3 atom stereocenters. The minimum atomic E-state index is -0.791. The Morgan fingerprint density at radius 2 is 1.86 bits per heavy atom. The van der Waals surface area contributed by atoms with Crippen LogP contribution in [0.5, 0.6) is 0 Å². The van der Waals surface area contributed by atoms with Crippen LogP contribution in [0.15, 0.2) is 0 Å². The molecule has 1 saturated carbocycles. The van der Waals surface area contributed by atoms with Gasteiger partial charge in [0.1, 0.15) is 0 Å². The number of carbonyl (C=O) groups is 1. The maximum absolute atomic E-state index is 10.7. The summed E-state index contributed by atoms with van der Waals surface area (Å²) < 4.78 is 0. The molecule has 3 heteroatoms. The first-order valence-electron chi connectivity index (χ1n) is 5.30. The lowest BCUT2D eigenvalue weighted by atomic mass is 9.65. The summed E-state index contributed by atoms with van der Waals surface area (Å²) in [5.41, 5.74) is -0.358. The third-order valence-corrected chi connectivity index (χ3v) is 3.23. The predicted molar refractivity (Wildman–Crippen MR) is 54.0 cm³/mol. The zero-order valence-corrected chi connectivity index (χ0v) is 8.99. The van der Waals surface area contributed by atoms with Crippen molar-refractivity contribution in [3.05, 3.63) is 0 Å². The molecule has 0 amide bonds. The molecule has 1 fully saturated rings. The largest absolute Gasteiger partial charge is 0.481 e. The van der Waals surface area contributed by atoms with Crippen LogP contribution in [0.3, 0.4) is 0 Å². The van der Waals surface area contributed by atoms with Crippen molar-refractivity contribution in [2.75, 3.05) is 6.61 Å². The lowest BCUT2D eigenvalue weighted by Gasteiger charge is -2.40.